The van der Waals surface area contributed by atoms with E-state index in [2.05, 4.69) is 17.4 Å². The van der Waals surface area contributed by atoms with Crippen LogP contribution in [0.4, 0.5) is 0 Å². The van der Waals surface area contributed by atoms with E-state index in [0.29, 0.717) is 0 Å². The molecule has 1 aromatic rings. The van der Waals surface area contributed by atoms with Crippen LogP contribution in [0.3, 0.4) is 0 Å². The molecule has 0 spiro atoms. The van der Waals surface area contributed by atoms with Crippen molar-refractivity contribution < 1.29 is 5.11 Å². The van der Waals surface area contributed by atoms with Gasteiger partial charge in [-0.15, -0.1) is 0 Å². The van der Waals surface area contributed by atoms with E-state index < -0.39 is 0 Å². The molecule has 2 nitrogen and oxygen atoms in total. The summed E-state index contributed by atoms with van der Waals surface area (Å²) in [6, 6.07) is 10.2. The zero-order valence-electron chi connectivity index (χ0n) is 7.61. The van der Waals surface area contributed by atoms with Crippen molar-refractivity contribution in [3.63, 3.8) is 0 Å². The Morgan fingerprint density at radius 2 is 2.00 bits per heavy atom. The number of nitrogens with one attached hydrogen (secondary N) is 1. The topological polar surface area (TPSA) is 32.3 Å². The van der Waals surface area contributed by atoms with Gasteiger partial charge >= 0.3 is 0 Å². The molecule has 1 heterocycles. The average Bonchev–Trinajstić information content (AvgIpc) is 2.20. The second-order valence-corrected chi connectivity index (χ2v) is 3.58. The Balaban J connectivity index is 2.15. The first kappa shape index (κ1) is 8.73. The van der Waals surface area contributed by atoms with E-state index in [1.54, 1.807) is 0 Å². The molecule has 1 saturated heterocycles. The highest BCUT2D eigenvalue weighted by Gasteiger charge is 2.23. The summed E-state index contributed by atoms with van der Waals surface area (Å²) >= 11 is 0. The Hall–Kier alpha value is -0.860. The van der Waals surface area contributed by atoms with Gasteiger partial charge in [0.05, 0.1) is 6.10 Å². The predicted molar refractivity (Wildman–Crippen MR) is 52.7 cm³/mol. The normalized spacial score (nSPS) is 28.7. The molecule has 0 unspecified atom stereocenters. The zero-order chi connectivity index (χ0) is 9.10. The summed E-state index contributed by atoms with van der Waals surface area (Å²) in [5.41, 5.74) is 1.24. The van der Waals surface area contributed by atoms with Crippen molar-refractivity contribution in [2.45, 2.75) is 18.4 Å². The van der Waals surface area contributed by atoms with Crippen LogP contribution in [-0.4, -0.2) is 24.3 Å². The van der Waals surface area contributed by atoms with Gasteiger partial charge in [0.25, 0.3) is 0 Å². The maximum absolute atomic E-state index is 9.78. The fourth-order valence-corrected chi connectivity index (χ4v) is 1.88. The second-order valence-electron chi connectivity index (χ2n) is 3.58. The van der Waals surface area contributed by atoms with Crippen molar-refractivity contribution in [3.05, 3.63) is 35.9 Å². The fraction of sp³-hybridized carbons (Fsp3) is 0.455. The van der Waals surface area contributed by atoms with Gasteiger partial charge in [0.15, 0.2) is 0 Å². The molecule has 0 bridgehead atoms. The molecule has 0 aliphatic carbocycles. The van der Waals surface area contributed by atoms with Crippen LogP contribution in [0, 0.1) is 0 Å². The lowest BCUT2D eigenvalue weighted by molar-refractivity contribution is 0.114. The van der Waals surface area contributed by atoms with Gasteiger partial charge in [-0.05, 0) is 18.5 Å². The van der Waals surface area contributed by atoms with Gasteiger partial charge in [0.1, 0.15) is 0 Å². The molecule has 0 amide bonds. The number of hydrogen-bond donors (Lipinski definition) is 2. The second kappa shape index (κ2) is 3.90. The van der Waals surface area contributed by atoms with Crippen molar-refractivity contribution in [1.82, 2.24) is 5.32 Å². The standard InChI is InChI=1S/C11H15NO/c13-11-6-7-12-8-10(11)9-4-2-1-3-5-9/h1-5,10-13H,6-8H2/t10-,11-/m0/s1. The maximum atomic E-state index is 9.78. The number of piperidine rings is 1. The van der Waals surface area contributed by atoms with Gasteiger partial charge in [0.2, 0.25) is 0 Å². The Bertz CT molecular complexity index is 260. The van der Waals surface area contributed by atoms with Crippen LogP contribution in [0.5, 0.6) is 0 Å². The minimum absolute atomic E-state index is 0.177. The summed E-state index contributed by atoms with van der Waals surface area (Å²) in [6.45, 7) is 1.83. The molecular formula is C11H15NO. The van der Waals surface area contributed by atoms with E-state index in [0.717, 1.165) is 19.5 Å². The van der Waals surface area contributed by atoms with Gasteiger partial charge in [-0.1, -0.05) is 30.3 Å². The van der Waals surface area contributed by atoms with E-state index in [-0.39, 0.29) is 12.0 Å². The predicted octanol–water partition coefficient (Wildman–Crippen LogP) is 1.12. The molecule has 1 aliphatic heterocycles. The molecule has 0 aromatic heterocycles. The summed E-state index contributed by atoms with van der Waals surface area (Å²) in [5.74, 6) is 0.273. The monoisotopic (exact) mass is 177 g/mol. The lowest BCUT2D eigenvalue weighted by Crippen LogP contribution is -2.38. The molecule has 1 aliphatic rings. The maximum Gasteiger partial charge on any atom is 0.0633 e. The summed E-state index contributed by atoms with van der Waals surface area (Å²) in [6.07, 6.45) is 0.683. The van der Waals surface area contributed by atoms with Gasteiger partial charge in [-0.25, -0.2) is 0 Å². The molecule has 13 heavy (non-hydrogen) atoms. The summed E-state index contributed by atoms with van der Waals surface area (Å²) in [7, 11) is 0. The van der Waals surface area contributed by atoms with Crippen molar-refractivity contribution in [2.75, 3.05) is 13.1 Å². The first-order valence-electron chi connectivity index (χ1n) is 4.81. The summed E-state index contributed by atoms with van der Waals surface area (Å²) in [4.78, 5) is 0. The number of aliphatic hydroxyl groups excluding tert-OH is 1. The number of hydrogen-bond acceptors (Lipinski definition) is 2. The Morgan fingerprint density at radius 3 is 2.69 bits per heavy atom. The lowest BCUT2D eigenvalue weighted by Gasteiger charge is -2.28. The van der Waals surface area contributed by atoms with E-state index >= 15 is 0 Å². The molecule has 2 rings (SSSR count). The van der Waals surface area contributed by atoms with E-state index in [1.807, 2.05) is 18.2 Å². The third-order valence-corrected chi connectivity index (χ3v) is 2.67. The highest BCUT2D eigenvalue weighted by molar-refractivity contribution is 5.21. The van der Waals surface area contributed by atoms with Crippen LogP contribution in [0.2, 0.25) is 0 Å². The van der Waals surface area contributed by atoms with Gasteiger partial charge < -0.3 is 10.4 Å². The fourth-order valence-electron chi connectivity index (χ4n) is 1.88. The smallest absolute Gasteiger partial charge is 0.0633 e. The van der Waals surface area contributed by atoms with Crippen LogP contribution < -0.4 is 5.32 Å². The largest absolute Gasteiger partial charge is 0.392 e. The Labute approximate surface area is 78.6 Å². The quantitative estimate of drug-likeness (QED) is 0.674. The van der Waals surface area contributed by atoms with Crippen molar-refractivity contribution in [2.24, 2.45) is 0 Å². The first-order chi connectivity index (χ1) is 6.38. The van der Waals surface area contributed by atoms with Crippen molar-refractivity contribution >= 4 is 0 Å². The van der Waals surface area contributed by atoms with E-state index in [9.17, 15) is 5.11 Å². The van der Waals surface area contributed by atoms with E-state index in [4.69, 9.17) is 0 Å². The number of benzene rings is 1. The molecule has 2 heteroatoms. The number of rotatable bonds is 1. The van der Waals surface area contributed by atoms with Crippen LogP contribution in [-0.2, 0) is 0 Å². The van der Waals surface area contributed by atoms with Crippen LogP contribution in [0.15, 0.2) is 30.3 Å². The first-order valence-corrected chi connectivity index (χ1v) is 4.81. The van der Waals surface area contributed by atoms with Crippen LogP contribution >= 0.6 is 0 Å². The van der Waals surface area contributed by atoms with Crippen LogP contribution in [0.25, 0.3) is 0 Å². The molecule has 70 valence electrons. The molecular weight excluding hydrogens is 162 g/mol. The zero-order valence-corrected chi connectivity index (χ0v) is 7.61. The molecule has 1 fully saturated rings. The third-order valence-electron chi connectivity index (χ3n) is 2.67. The minimum Gasteiger partial charge on any atom is -0.392 e. The summed E-state index contributed by atoms with van der Waals surface area (Å²) < 4.78 is 0. The van der Waals surface area contributed by atoms with Gasteiger partial charge in [0, 0.05) is 12.5 Å². The molecule has 0 saturated carbocycles. The van der Waals surface area contributed by atoms with Gasteiger partial charge in [-0.3, -0.25) is 0 Å². The highest BCUT2D eigenvalue weighted by atomic mass is 16.3. The third kappa shape index (κ3) is 1.90. The van der Waals surface area contributed by atoms with Crippen molar-refractivity contribution in [3.8, 4) is 0 Å². The van der Waals surface area contributed by atoms with Crippen LogP contribution in [0.1, 0.15) is 17.9 Å². The Morgan fingerprint density at radius 1 is 1.23 bits per heavy atom. The average molecular weight is 177 g/mol. The molecule has 0 radical (unpaired) electrons. The van der Waals surface area contributed by atoms with E-state index in [1.165, 1.54) is 5.56 Å². The minimum atomic E-state index is -0.177. The summed E-state index contributed by atoms with van der Waals surface area (Å²) in [5, 5.41) is 13.1. The molecule has 2 N–H and O–H groups in total. The highest BCUT2D eigenvalue weighted by Crippen LogP contribution is 2.22. The molecule has 2 atom stereocenters. The molecule has 1 aromatic carbocycles. The van der Waals surface area contributed by atoms with Crippen molar-refractivity contribution in [1.29, 1.82) is 0 Å². The SMILES string of the molecule is O[C@H]1CCNC[C@H]1c1ccccc1. The lowest BCUT2D eigenvalue weighted by atomic mass is 9.89. The van der Waals surface area contributed by atoms with Gasteiger partial charge in [-0.2, -0.15) is 0 Å². The number of aliphatic hydroxyl groups is 1. The Kier molecular flexibility index (Phi) is 2.62.